The molecule has 0 radical (unpaired) electrons. The predicted molar refractivity (Wildman–Crippen MR) is 157 cm³/mol. The SMILES string of the molecule is Cl.N=C(N)N1CC=C(c2ccc(-c3nnc(-c4ccc(C5=CCN(C(=N)N)CC5)cc4F)n3CCO)cc2)CC1. The average molecular weight is 566 g/mol. The Labute approximate surface area is 238 Å². The number of rotatable bonds is 6. The summed E-state index contributed by atoms with van der Waals surface area (Å²) in [6, 6.07) is 13.0. The number of nitrogens with one attached hydrogen (secondary N) is 2. The zero-order valence-corrected chi connectivity index (χ0v) is 22.8. The van der Waals surface area contributed by atoms with E-state index in [-0.39, 0.29) is 37.5 Å². The highest BCUT2D eigenvalue weighted by Gasteiger charge is 2.21. The van der Waals surface area contributed by atoms with E-state index in [1.54, 1.807) is 15.5 Å². The molecule has 0 saturated heterocycles. The number of benzene rings is 2. The second-order valence-corrected chi connectivity index (χ2v) is 9.62. The molecule has 0 bridgehead atoms. The molecular formula is C28H33ClFN9O. The lowest BCUT2D eigenvalue weighted by Gasteiger charge is -2.26. The van der Waals surface area contributed by atoms with Crippen LogP contribution in [0.3, 0.4) is 0 Å². The minimum atomic E-state index is -0.417. The first-order valence-electron chi connectivity index (χ1n) is 12.9. The van der Waals surface area contributed by atoms with E-state index in [1.807, 2.05) is 41.3 Å². The van der Waals surface area contributed by atoms with E-state index < -0.39 is 5.82 Å². The molecule has 7 N–H and O–H groups in total. The smallest absolute Gasteiger partial charge is 0.188 e. The molecule has 5 rings (SSSR count). The summed E-state index contributed by atoms with van der Waals surface area (Å²) in [7, 11) is 0. The summed E-state index contributed by atoms with van der Waals surface area (Å²) >= 11 is 0. The lowest BCUT2D eigenvalue weighted by Crippen LogP contribution is -2.39. The van der Waals surface area contributed by atoms with Crippen LogP contribution >= 0.6 is 12.4 Å². The van der Waals surface area contributed by atoms with Crippen LogP contribution in [0.2, 0.25) is 0 Å². The van der Waals surface area contributed by atoms with E-state index in [2.05, 4.69) is 16.3 Å². The maximum atomic E-state index is 15.4. The number of hydrogen-bond donors (Lipinski definition) is 5. The lowest BCUT2D eigenvalue weighted by atomic mass is 9.98. The molecule has 0 saturated carbocycles. The van der Waals surface area contributed by atoms with Crippen LogP contribution in [0, 0.1) is 16.6 Å². The molecule has 2 aliphatic rings. The zero-order valence-electron chi connectivity index (χ0n) is 22.0. The summed E-state index contributed by atoms with van der Waals surface area (Å²) < 4.78 is 17.1. The van der Waals surface area contributed by atoms with Crippen molar-refractivity contribution in [1.82, 2.24) is 24.6 Å². The van der Waals surface area contributed by atoms with Crippen LogP contribution in [0.1, 0.15) is 24.0 Å². The molecule has 3 aromatic rings. The summed E-state index contributed by atoms with van der Waals surface area (Å²) in [6.07, 6.45) is 5.52. The molecular weight excluding hydrogens is 533 g/mol. The minimum Gasteiger partial charge on any atom is -0.395 e. The number of nitrogens with zero attached hydrogens (tertiary/aromatic N) is 5. The van der Waals surface area contributed by atoms with Crippen LogP contribution in [0.25, 0.3) is 33.9 Å². The monoisotopic (exact) mass is 565 g/mol. The van der Waals surface area contributed by atoms with E-state index >= 15 is 4.39 Å². The number of aliphatic hydroxyl groups is 1. The van der Waals surface area contributed by atoms with Gasteiger partial charge in [-0.05, 0) is 47.2 Å². The molecule has 40 heavy (non-hydrogen) atoms. The number of aromatic nitrogens is 3. The molecule has 12 heteroatoms. The summed E-state index contributed by atoms with van der Waals surface area (Å²) in [6.45, 7) is 2.53. The third kappa shape index (κ3) is 5.85. The molecule has 3 heterocycles. The maximum absolute atomic E-state index is 15.4. The number of guanidine groups is 2. The van der Waals surface area contributed by atoms with E-state index in [0.29, 0.717) is 49.8 Å². The average Bonchev–Trinajstić information content (AvgIpc) is 3.36. The van der Waals surface area contributed by atoms with Crippen molar-refractivity contribution in [3.63, 3.8) is 0 Å². The first kappa shape index (κ1) is 28.8. The standard InChI is InChI=1S/C28H32FN9O.ClH/c29-24-17-22(20-9-13-37(14-10-20)28(32)33)5-6-23(24)26-35-34-25(38(26)15-16-39)21-3-1-18(2-4-21)19-7-11-36(12-8-19)27(30)31;/h1-7,9,17,39H,8,10-16H2,(H3,30,31)(H3,32,33);1H. The van der Waals surface area contributed by atoms with Crippen LogP contribution in [0.4, 0.5) is 4.39 Å². The van der Waals surface area contributed by atoms with Gasteiger partial charge in [0.2, 0.25) is 0 Å². The second-order valence-electron chi connectivity index (χ2n) is 9.62. The molecule has 210 valence electrons. The van der Waals surface area contributed by atoms with Gasteiger partial charge in [0.25, 0.3) is 0 Å². The van der Waals surface area contributed by atoms with Crippen molar-refractivity contribution in [2.24, 2.45) is 11.5 Å². The first-order valence-corrected chi connectivity index (χ1v) is 12.9. The van der Waals surface area contributed by atoms with Crippen LogP contribution in [-0.4, -0.2) is 74.4 Å². The molecule has 0 fully saturated rings. The van der Waals surface area contributed by atoms with Gasteiger partial charge in [0.05, 0.1) is 12.2 Å². The van der Waals surface area contributed by atoms with Gasteiger partial charge in [0, 0.05) is 38.3 Å². The van der Waals surface area contributed by atoms with E-state index in [4.69, 9.17) is 22.3 Å². The molecule has 2 aromatic carbocycles. The van der Waals surface area contributed by atoms with Crippen LogP contribution < -0.4 is 11.5 Å². The highest BCUT2D eigenvalue weighted by molar-refractivity contribution is 5.85. The molecule has 0 spiro atoms. The van der Waals surface area contributed by atoms with Crippen molar-refractivity contribution in [2.45, 2.75) is 19.4 Å². The van der Waals surface area contributed by atoms with E-state index in [9.17, 15) is 5.11 Å². The predicted octanol–water partition coefficient (Wildman–Crippen LogP) is 3.13. The Balaban J connectivity index is 0.00000370. The van der Waals surface area contributed by atoms with Gasteiger partial charge in [-0.1, -0.05) is 42.5 Å². The van der Waals surface area contributed by atoms with Gasteiger partial charge in [-0.3, -0.25) is 10.8 Å². The Kier molecular flexibility index (Phi) is 8.86. The third-order valence-corrected chi connectivity index (χ3v) is 7.27. The Hall–Kier alpha value is -4.22. The van der Waals surface area contributed by atoms with E-state index in [1.165, 1.54) is 11.6 Å². The molecule has 0 atom stereocenters. The van der Waals surface area contributed by atoms with Crippen LogP contribution in [0.15, 0.2) is 54.6 Å². The fourth-order valence-electron chi connectivity index (χ4n) is 5.06. The van der Waals surface area contributed by atoms with E-state index in [0.717, 1.165) is 28.7 Å². The summed E-state index contributed by atoms with van der Waals surface area (Å²) in [5.74, 6) is 0.603. The fraction of sp³-hybridized carbons (Fsp3) is 0.286. The normalized spacial score (nSPS) is 15.2. The third-order valence-electron chi connectivity index (χ3n) is 7.27. The number of aliphatic hydroxyl groups excluding tert-OH is 1. The fourth-order valence-corrected chi connectivity index (χ4v) is 5.06. The second kappa shape index (κ2) is 12.3. The summed E-state index contributed by atoms with van der Waals surface area (Å²) in [5.41, 5.74) is 16.4. The van der Waals surface area contributed by atoms with Crippen molar-refractivity contribution >= 4 is 35.5 Å². The topological polar surface area (TPSA) is 157 Å². The van der Waals surface area contributed by atoms with Crippen molar-refractivity contribution in [3.8, 4) is 22.8 Å². The molecule has 0 aliphatic carbocycles. The number of hydrogen-bond acceptors (Lipinski definition) is 5. The summed E-state index contributed by atoms with van der Waals surface area (Å²) in [5, 5.41) is 33.6. The van der Waals surface area contributed by atoms with Crippen molar-refractivity contribution in [3.05, 3.63) is 71.6 Å². The highest BCUT2D eigenvalue weighted by atomic mass is 35.5. The minimum absolute atomic E-state index is 0. The maximum Gasteiger partial charge on any atom is 0.188 e. The van der Waals surface area contributed by atoms with Crippen LogP contribution in [-0.2, 0) is 6.54 Å². The highest BCUT2D eigenvalue weighted by Crippen LogP contribution is 2.31. The Morgan fingerprint density at radius 2 is 1.35 bits per heavy atom. The van der Waals surface area contributed by atoms with Crippen molar-refractivity contribution < 1.29 is 9.50 Å². The van der Waals surface area contributed by atoms with Crippen molar-refractivity contribution in [1.29, 1.82) is 10.8 Å². The van der Waals surface area contributed by atoms with Gasteiger partial charge >= 0.3 is 0 Å². The molecule has 0 amide bonds. The number of halogens is 2. The van der Waals surface area contributed by atoms with Crippen molar-refractivity contribution in [2.75, 3.05) is 32.8 Å². The summed E-state index contributed by atoms with van der Waals surface area (Å²) in [4.78, 5) is 3.57. The molecule has 0 unspecified atom stereocenters. The Morgan fingerprint density at radius 3 is 1.85 bits per heavy atom. The Morgan fingerprint density at radius 1 is 0.825 bits per heavy atom. The Bertz CT molecular complexity index is 1460. The zero-order chi connectivity index (χ0) is 27.5. The molecule has 10 nitrogen and oxygen atoms in total. The van der Waals surface area contributed by atoms with Gasteiger partial charge in [0.1, 0.15) is 5.82 Å². The number of nitrogens with two attached hydrogens (primary N) is 2. The van der Waals surface area contributed by atoms with Gasteiger partial charge < -0.3 is 30.9 Å². The van der Waals surface area contributed by atoms with Crippen LogP contribution in [0.5, 0.6) is 0 Å². The molecule has 2 aliphatic heterocycles. The van der Waals surface area contributed by atoms with Gasteiger partial charge in [-0.15, -0.1) is 22.6 Å². The lowest BCUT2D eigenvalue weighted by molar-refractivity contribution is 0.277. The quantitative estimate of drug-likeness (QED) is 0.227. The van der Waals surface area contributed by atoms with Gasteiger partial charge in [0.15, 0.2) is 23.6 Å². The first-order chi connectivity index (χ1) is 18.9. The van der Waals surface area contributed by atoms with Gasteiger partial charge in [-0.2, -0.15) is 0 Å². The molecule has 1 aromatic heterocycles. The van der Waals surface area contributed by atoms with Gasteiger partial charge in [-0.25, -0.2) is 4.39 Å². The largest absolute Gasteiger partial charge is 0.395 e.